The number of aromatic amines is 1. The summed E-state index contributed by atoms with van der Waals surface area (Å²) in [6.07, 6.45) is -5.04. The van der Waals surface area contributed by atoms with Gasteiger partial charge in [-0.3, -0.25) is 14.7 Å². The number of rotatable bonds is 8. The van der Waals surface area contributed by atoms with Crippen LogP contribution in [0.1, 0.15) is 28.8 Å². The Morgan fingerprint density at radius 1 is 1.00 bits per heavy atom. The number of halogens is 5. The topological polar surface area (TPSA) is 141 Å². The van der Waals surface area contributed by atoms with Crippen LogP contribution in [-0.4, -0.2) is 99.0 Å². The predicted octanol–water partition coefficient (Wildman–Crippen LogP) is 4.29. The fourth-order valence-corrected chi connectivity index (χ4v) is 7.29. The molecule has 0 bridgehead atoms. The number of amides is 2. The van der Waals surface area contributed by atoms with Gasteiger partial charge in [-0.1, -0.05) is 0 Å². The van der Waals surface area contributed by atoms with Gasteiger partial charge in [0, 0.05) is 57.2 Å². The first-order chi connectivity index (χ1) is 23.7. The van der Waals surface area contributed by atoms with Crippen LogP contribution in [-0.2, 0) is 25.1 Å². The lowest BCUT2D eigenvalue weighted by molar-refractivity contribution is -0.171. The van der Waals surface area contributed by atoms with Crippen molar-refractivity contribution < 1.29 is 44.7 Å². The Labute approximate surface area is 283 Å². The second-order valence-corrected chi connectivity index (χ2v) is 14.1. The number of nitrogens with one attached hydrogen (secondary N) is 2. The summed E-state index contributed by atoms with van der Waals surface area (Å²) in [6, 6.07) is 8.25. The summed E-state index contributed by atoms with van der Waals surface area (Å²) < 4.78 is 101. The van der Waals surface area contributed by atoms with E-state index in [9.17, 15) is 40.0 Å². The number of benzene rings is 2. The maximum atomic E-state index is 14.1. The number of sulfone groups is 1. The number of likely N-dealkylation sites (N-methyl/N-ethyl adjacent to an activating group) is 1. The smallest absolute Gasteiger partial charge is 0.381 e. The van der Waals surface area contributed by atoms with E-state index in [-0.39, 0.29) is 59.7 Å². The van der Waals surface area contributed by atoms with Crippen molar-refractivity contribution in [2.24, 2.45) is 0 Å². The minimum Gasteiger partial charge on any atom is -0.381 e. The largest absolute Gasteiger partial charge is 0.471 e. The second kappa shape index (κ2) is 13.9. The molecule has 0 aliphatic carbocycles. The summed E-state index contributed by atoms with van der Waals surface area (Å²) in [4.78, 5) is 35.8. The van der Waals surface area contributed by atoms with Crippen molar-refractivity contribution in [2.75, 3.05) is 61.6 Å². The molecule has 12 nitrogen and oxygen atoms in total. The van der Waals surface area contributed by atoms with Crippen LogP contribution < -0.4 is 15.1 Å². The Hall–Kier alpha value is -4.68. The van der Waals surface area contributed by atoms with Crippen molar-refractivity contribution in [3.05, 3.63) is 71.3 Å². The minimum absolute atomic E-state index is 0.104. The number of H-pyrrole nitrogens is 1. The zero-order valence-electron chi connectivity index (χ0n) is 26.6. The molecule has 0 atom stereocenters. The average Bonchev–Trinajstić information content (AvgIpc) is 3.46. The summed E-state index contributed by atoms with van der Waals surface area (Å²) in [5, 5.41) is 8.66. The van der Waals surface area contributed by atoms with Crippen LogP contribution >= 0.6 is 0 Å². The number of carbonyl (C=O) groups excluding carboxylic acids is 2. The molecule has 2 fully saturated rings. The third-order valence-electron chi connectivity index (χ3n) is 8.58. The molecule has 6 rings (SSSR count). The first-order valence-corrected chi connectivity index (χ1v) is 17.2. The molecule has 0 radical (unpaired) electrons. The van der Waals surface area contributed by atoms with E-state index in [4.69, 9.17) is 4.74 Å². The van der Waals surface area contributed by atoms with Crippen LogP contribution in [0.3, 0.4) is 0 Å². The Morgan fingerprint density at radius 2 is 1.68 bits per heavy atom. The number of nitrogens with zero attached hydrogens (tertiary/aromatic N) is 5. The summed E-state index contributed by atoms with van der Waals surface area (Å²) in [7, 11) is -2.31. The molecule has 2 N–H and O–H groups in total. The molecule has 4 aromatic rings. The number of piperazine rings is 1. The van der Waals surface area contributed by atoms with Crippen molar-refractivity contribution in [1.29, 1.82) is 0 Å². The van der Waals surface area contributed by atoms with Gasteiger partial charge in [-0.15, -0.1) is 0 Å². The maximum Gasteiger partial charge on any atom is 0.471 e. The summed E-state index contributed by atoms with van der Waals surface area (Å²) in [5.74, 6) is -6.00. The molecule has 2 aromatic carbocycles. The van der Waals surface area contributed by atoms with Crippen LogP contribution in [0.4, 0.5) is 39.1 Å². The molecule has 2 saturated heterocycles. The molecule has 266 valence electrons. The van der Waals surface area contributed by atoms with Crippen molar-refractivity contribution in [3.8, 4) is 0 Å². The molecule has 0 unspecified atom stereocenters. The molecule has 4 heterocycles. The first kappa shape index (κ1) is 35.2. The zero-order valence-corrected chi connectivity index (χ0v) is 27.5. The molecule has 50 heavy (non-hydrogen) atoms. The van der Waals surface area contributed by atoms with Crippen LogP contribution in [0.5, 0.6) is 0 Å². The molecular formula is C32H32F5N7O5S. The lowest BCUT2D eigenvalue weighted by Crippen LogP contribution is -2.50. The van der Waals surface area contributed by atoms with Gasteiger partial charge in [-0.25, -0.2) is 22.2 Å². The average molecular weight is 722 g/mol. The van der Waals surface area contributed by atoms with Crippen LogP contribution in [0.25, 0.3) is 11.0 Å². The number of alkyl halides is 3. The molecule has 2 aliphatic heterocycles. The molecule has 2 amide bonds. The van der Waals surface area contributed by atoms with E-state index < -0.39 is 56.3 Å². The van der Waals surface area contributed by atoms with E-state index in [1.807, 2.05) is 11.9 Å². The fourth-order valence-electron chi connectivity index (χ4n) is 6.03. The highest BCUT2D eigenvalue weighted by Gasteiger charge is 2.46. The summed E-state index contributed by atoms with van der Waals surface area (Å²) >= 11 is 0. The standard InChI is InChI=1S/C32H32F5N7O5S/c1-42-8-10-43(11-9-42)23-2-3-24(26(17-23)44(31(46)32(35,36)37)22-6-12-49-13-7-22)30(45)39-29-28-25(40-41-29)4-5-27(38-28)50(47,48)18-19-14-20(33)16-21(34)15-19/h2-5,14-17,22H,6-13,18H2,1H3,(H2,39,40,41,45). The summed E-state index contributed by atoms with van der Waals surface area (Å²) in [5.41, 5.74) is -0.0470. The van der Waals surface area contributed by atoms with E-state index in [2.05, 4.69) is 25.4 Å². The predicted molar refractivity (Wildman–Crippen MR) is 173 cm³/mol. The molecule has 2 aliphatic rings. The van der Waals surface area contributed by atoms with E-state index in [0.717, 1.165) is 18.2 Å². The molecule has 2 aromatic heterocycles. The molecule has 18 heteroatoms. The number of pyridine rings is 1. The van der Waals surface area contributed by atoms with Crippen LogP contribution in [0.2, 0.25) is 0 Å². The number of ether oxygens (including phenoxy) is 1. The maximum absolute atomic E-state index is 14.1. The molecular weight excluding hydrogens is 689 g/mol. The third-order valence-corrected chi connectivity index (χ3v) is 10.2. The molecule has 0 spiro atoms. The number of anilines is 3. The Kier molecular flexibility index (Phi) is 9.78. The fraction of sp³-hybridized carbons (Fsp3) is 0.375. The number of hydrogen-bond donors (Lipinski definition) is 2. The van der Waals surface area contributed by atoms with Gasteiger partial charge in [-0.05, 0) is 67.9 Å². The van der Waals surface area contributed by atoms with Crippen LogP contribution in [0, 0.1) is 11.6 Å². The van der Waals surface area contributed by atoms with E-state index >= 15 is 0 Å². The monoisotopic (exact) mass is 721 g/mol. The van der Waals surface area contributed by atoms with E-state index in [1.54, 1.807) is 6.07 Å². The van der Waals surface area contributed by atoms with Gasteiger partial charge >= 0.3 is 12.1 Å². The van der Waals surface area contributed by atoms with E-state index in [1.165, 1.54) is 18.2 Å². The highest BCUT2D eigenvalue weighted by Crippen LogP contribution is 2.35. The van der Waals surface area contributed by atoms with Gasteiger partial charge in [0.15, 0.2) is 20.7 Å². The number of aromatic nitrogens is 3. The van der Waals surface area contributed by atoms with Gasteiger partial charge in [0.2, 0.25) is 0 Å². The Morgan fingerprint density at radius 3 is 2.34 bits per heavy atom. The van der Waals surface area contributed by atoms with Crippen molar-refractivity contribution >= 4 is 49.9 Å². The van der Waals surface area contributed by atoms with Crippen LogP contribution in [0.15, 0.2) is 53.6 Å². The highest BCUT2D eigenvalue weighted by molar-refractivity contribution is 7.90. The number of fused-ring (bicyclic) bond motifs is 1. The lowest BCUT2D eigenvalue weighted by atomic mass is 10.0. The quantitative estimate of drug-likeness (QED) is 0.255. The van der Waals surface area contributed by atoms with E-state index in [0.29, 0.717) is 42.8 Å². The normalized spacial score (nSPS) is 16.5. The van der Waals surface area contributed by atoms with Crippen molar-refractivity contribution in [1.82, 2.24) is 20.1 Å². The Bertz CT molecular complexity index is 2010. The van der Waals surface area contributed by atoms with Gasteiger partial charge in [0.05, 0.1) is 22.5 Å². The zero-order chi connectivity index (χ0) is 35.8. The van der Waals surface area contributed by atoms with Crippen molar-refractivity contribution in [3.63, 3.8) is 0 Å². The highest BCUT2D eigenvalue weighted by atomic mass is 32.2. The summed E-state index contributed by atoms with van der Waals surface area (Å²) in [6.45, 7) is 2.76. The molecule has 0 saturated carbocycles. The van der Waals surface area contributed by atoms with Gasteiger partial charge in [0.1, 0.15) is 17.2 Å². The Balaban J connectivity index is 1.37. The number of carbonyl (C=O) groups is 2. The third kappa shape index (κ3) is 7.56. The minimum atomic E-state index is -5.25. The lowest BCUT2D eigenvalue weighted by Gasteiger charge is -2.37. The van der Waals surface area contributed by atoms with Gasteiger partial charge in [0.25, 0.3) is 5.91 Å². The van der Waals surface area contributed by atoms with Gasteiger partial charge < -0.3 is 24.8 Å². The second-order valence-electron chi connectivity index (χ2n) is 12.1. The van der Waals surface area contributed by atoms with Gasteiger partial charge in [-0.2, -0.15) is 18.3 Å². The van der Waals surface area contributed by atoms with Crippen molar-refractivity contribution in [2.45, 2.75) is 35.8 Å². The number of hydrogen-bond acceptors (Lipinski definition) is 9. The first-order valence-electron chi connectivity index (χ1n) is 15.6. The SMILES string of the molecule is CN1CCN(c2ccc(C(=O)Nc3n[nH]c4ccc(S(=O)(=O)Cc5cc(F)cc(F)c5)nc34)c(N(C(=O)C(F)(F)F)C3CCOCC3)c2)CC1.